The molecule has 0 saturated carbocycles. The maximum absolute atomic E-state index is 5.97. The molecule has 0 radical (unpaired) electrons. The topological polar surface area (TPSA) is 17.8 Å². The molecule has 16 heavy (non-hydrogen) atoms. The molecule has 0 fully saturated rings. The van der Waals surface area contributed by atoms with Gasteiger partial charge in [0.25, 0.3) is 0 Å². The smallest absolute Gasteiger partial charge is 0.125 e. The fraction of sp³-hybridized carbons (Fsp3) is 0.462. The quantitative estimate of drug-likeness (QED) is 0.735. The molecule has 0 bridgehead atoms. The van der Waals surface area contributed by atoms with E-state index in [2.05, 4.69) is 42.5 Å². The number of benzene rings is 1. The van der Waals surface area contributed by atoms with Gasteiger partial charge in [-0.2, -0.15) is 0 Å². The summed E-state index contributed by atoms with van der Waals surface area (Å²) in [5.74, 6) is 1.44. The van der Waals surface area contributed by atoms with Crippen molar-refractivity contribution in [2.45, 2.75) is 39.1 Å². The lowest BCUT2D eigenvalue weighted by molar-refractivity contribution is 0.529. The van der Waals surface area contributed by atoms with Crippen molar-refractivity contribution >= 4 is 22.6 Å². The Balaban J connectivity index is 2.75. The minimum atomic E-state index is 0.444. The van der Waals surface area contributed by atoms with Crippen LogP contribution in [0.1, 0.15) is 37.7 Å². The van der Waals surface area contributed by atoms with E-state index in [0.717, 1.165) is 17.8 Å². The second-order valence-electron chi connectivity index (χ2n) is 4.23. The van der Waals surface area contributed by atoms with Crippen molar-refractivity contribution in [3.8, 4) is 0 Å². The fourth-order valence-corrected chi connectivity index (χ4v) is 2.31. The van der Waals surface area contributed by atoms with Gasteiger partial charge in [0.1, 0.15) is 5.82 Å². The highest BCUT2D eigenvalue weighted by Crippen LogP contribution is 2.26. The number of alkyl halides is 1. The largest absolute Gasteiger partial charge is 0.324 e. The van der Waals surface area contributed by atoms with Crippen LogP contribution in [-0.4, -0.2) is 9.55 Å². The Morgan fingerprint density at radius 2 is 2.19 bits per heavy atom. The molecular weight excluding hydrogens is 220 g/mol. The van der Waals surface area contributed by atoms with Crippen molar-refractivity contribution in [1.29, 1.82) is 0 Å². The van der Waals surface area contributed by atoms with Crippen molar-refractivity contribution in [1.82, 2.24) is 9.55 Å². The SMILES string of the molecule is CCC(C)n1c(CCl)nc2cccc(C)c21. The highest BCUT2D eigenvalue weighted by Gasteiger charge is 2.15. The van der Waals surface area contributed by atoms with Crippen LogP contribution in [0.3, 0.4) is 0 Å². The maximum atomic E-state index is 5.97. The first-order chi connectivity index (χ1) is 7.69. The summed E-state index contributed by atoms with van der Waals surface area (Å²) in [6.07, 6.45) is 1.09. The minimum absolute atomic E-state index is 0.444. The second-order valence-corrected chi connectivity index (χ2v) is 4.50. The summed E-state index contributed by atoms with van der Waals surface area (Å²) in [5.41, 5.74) is 3.55. The van der Waals surface area contributed by atoms with Gasteiger partial charge >= 0.3 is 0 Å². The summed E-state index contributed by atoms with van der Waals surface area (Å²) in [5, 5.41) is 0. The van der Waals surface area contributed by atoms with E-state index < -0.39 is 0 Å². The lowest BCUT2D eigenvalue weighted by atomic mass is 10.2. The summed E-state index contributed by atoms with van der Waals surface area (Å²) in [6, 6.07) is 6.67. The maximum Gasteiger partial charge on any atom is 0.125 e. The number of fused-ring (bicyclic) bond motifs is 1. The highest BCUT2D eigenvalue weighted by molar-refractivity contribution is 6.16. The zero-order valence-corrected chi connectivity index (χ0v) is 10.8. The molecule has 1 heterocycles. The number of imidazole rings is 1. The summed E-state index contributed by atoms with van der Waals surface area (Å²) in [4.78, 5) is 4.59. The normalized spacial score (nSPS) is 13.2. The summed E-state index contributed by atoms with van der Waals surface area (Å²) >= 11 is 5.97. The molecule has 3 heteroatoms. The van der Waals surface area contributed by atoms with Gasteiger partial charge in [-0.25, -0.2) is 4.98 Å². The van der Waals surface area contributed by atoms with Gasteiger partial charge in [0, 0.05) is 6.04 Å². The van der Waals surface area contributed by atoms with Crippen LogP contribution in [0.25, 0.3) is 11.0 Å². The third-order valence-corrected chi connectivity index (χ3v) is 3.38. The number of halogens is 1. The first-order valence-corrected chi connectivity index (χ1v) is 6.24. The third-order valence-electron chi connectivity index (χ3n) is 3.14. The van der Waals surface area contributed by atoms with Crippen LogP contribution < -0.4 is 0 Å². The minimum Gasteiger partial charge on any atom is -0.324 e. The van der Waals surface area contributed by atoms with E-state index in [1.54, 1.807) is 0 Å². The number of aryl methyl sites for hydroxylation is 1. The Bertz CT molecular complexity index is 502. The Kier molecular flexibility index (Phi) is 3.20. The molecule has 2 rings (SSSR count). The monoisotopic (exact) mass is 236 g/mol. The first kappa shape index (κ1) is 11.5. The molecule has 2 aromatic rings. The van der Waals surface area contributed by atoms with E-state index in [9.17, 15) is 0 Å². The van der Waals surface area contributed by atoms with Crippen molar-refractivity contribution in [2.75, 3.05) is 0 Å². The van der Waals surface area contributed by atoms with Crippen LogP contribution >= 0.6 is 11.6 Å². The van der Waals surface area contributed by atoms with Gasteiger partial charge in [0.2, 0.25) is 0 Å². The molecule has 1 atom stereocenters. The number of hydrogen-bond acceptors (Lipinski definition) is 1. The van der Waals surface area contributed by atoms with Crippen LogP contribution in [0.15, 0.2) is 18.2 Å². The Labute approximate surface area is 101 Å². The van der Waals surface area contributed by atoms with Crippen LogP contribution in [0.2, 0.25) is 0 Å². The lowest BCUT2D eigenvalue weighted by Gasteiger charge is -2.15. The van der Waals surface area contributed by atoms with Crippen molar-refractivity contribution in [3.63, 3.8) is 0 Å². The molecule has 0 aliphatic carbocycles. The Morgan fingerprint density at radius 3 is 2.81 bits per heavy atom. The molecule has 0 saturated heterocycles. The van der Waals surface area contributed by atoms with Gasteiger partial charge in [-0.05, 0) is 31.9 Å². The summed E-state index contributed by atoms with van der Waals surface area (Å²) in [7, 11) is 0. The molecule has 0 N–H and O–H groups in total. The van der Waals surface area contributed by atoms with Crippen LogP contribution in [0.4, 0.5) is 0 Å². The summed E-state index contributed by atoms with van der Waals surface area (Å²) in [6.45, 7) is 6.53. The van der Waals surface area contributed by atoms with Crippen LogP contribution in [0, 0.1) is 6.92 Å². The molecule has 0 aliphatic heterocycles. The zero-order valence-electron chi connectivity index (χ0n) is 10.00. The number of hydrogen-bond donors (Lipinski definition) is 0. The average Bonchev–Trinajstić information content (AvgIpc) is 2.68. The molecule has 0 aliphatic rings. The second kappa shape index (κ2) is 4.46. The fourth-order valence-electron chi connectivity index (χ4n) is 2.12. The van der Waals surface area contributed by atoms with Crippen LogP contribution in [-0.2, 0) is 5.88 Å². The third kappa shape index (κ3) is 1.71. The van der Waals surface area contributed by atoms with E-state index in [0.29, 0.717) is 11.9 Å². The van der Waals surface area contributed by atoms with Gasteiger partial charge in [0.05, 0.1) is 16.9 Å². The Morgan fingerprint density at radius 1 is 1.44 bits per heavy atom. The molecule has 2 nitrogen and oxygen atoms in total. The van der Waals surface area contributed by atoms with Crippen molar-refractivity contribution in [2.24, 2.45) is 0 Å². The number of para-hydroxylation sites is 1. The summed E-state index contributed by atoms with van der Waals surface area (Å²) < 4.78 is 2.28. The molecule has 0 spiro atoms. The van der Waals surface area contributed by atoms with Gasteiger partial charge in [-0.15, -0.1) is 11.6 Å². The zero-order chi connectivity index (χ0) is 11.7. The Hall–Kier alpha value is -1.02. The van der Waals surface area contributed by atoms with E-state index in [1.807, 2.05) is 6.07 Å². The van der Waals surface area contributed by atoms with Gasteiger partial charge < -0.3 is 4.57 Å². The lowest BCUT2D eigenvalue weighted by Crippen LogP contribution is -2.07. The van der Waals surface area contributed by atoms with E-state index in [-0.39, 0.29) is 0 Å². The standard InChI is InChI=1S/C13H17ClN2/c1-4-10(3)16-12(8-14)15-11-7-5-6-9(2)13(11)16/h5-7,10H,4,8H2,1-3H3. The first-order valence-electron chi connectivity index (χ1n) is 5.71. The molecule has 1 unspecified atom stereocenters. The van der Waals surface area contributed by atoms with Crippen molar-refractivity contribution < 1.29 is 0 Å². The van der Waals surface area contributed by atoms with Crippen molar-refractivity contribution in [3.05, 3.63) is 29.6 Å². The van der Waals surface area contributed by atoms with Crippen LogP contribution in [0.5, 0.6) is 0 Å². The highest BCUT2D eigenvalue weighted by atomic mass is 35.5. The van der Waals surface area contributed by atoms with Gasteiger partial charge in [-0.1, -0.05) is 19.1 Å². The predicted molar refractivity (Wildman–Crippen MR) is 69.0 cm³/mol. The van der Waals surface area contributed by atoms with Gasteiger partial charge in [0.15, 0.2) is 0 Å². The van der Waals surface area contributed by atoms with E-state index >= 15 is 0 Å². The molecule has 0 amide bonds. The van der Waals surface area contributed by atoms with E-state index in [1.165, 1.54) is 11.1 Å². The molecule has 1 aromatic heterocycles. The molecule has 1 aromatic carbocycles. The molecular formula is C13H17ClN2. The predicted octanol–water partition coefficient (Wildman–Crippen LogP) is 4.05. The molecule has 86 valence electrons. The number of aromatic nitrogens is 2. The van der Waals surface area contributed by atoms with Gasteiger partial charge in [-0.3, -0.25) is 0 Å². The average molecular weight is 237 g/mol. The number of nitrogens with zero attached hydrogens (tertiary/aromatic N) is 2. The van der Waals surface area contributed by atoms with E-state index in [4.69, 9.17) is 11.6 Å². The number of rotatable bonds is 3.